The molecule has 10 heterocycles. The van der Waals surface area contributed by atoms with Crippen LogP contribution in [0.3, 0.4) is 0 Å². The van der Waals surface area contributed by atoms with Crippen molar-refractivity contribution in [1.29, 1.82) is 0 Å². The molecular weight excluding hydrogens is 1110 g/mol. The van der Waals surface area contributed by atoms with Gasteiger partial charge in [-0.15, -0.1) is 0 Å². The maximum absolute atomic E-state index is 12.8. The highest BCUT2D eigenvalue weighted by Gasteiger charge is 2.32. The number of nitrogens with two attached hydrogens (primary N) is 1. The van der Waals surface area contributed by atoms with Gasteiger partial charge >= 0.3 is 18.2 Å². The standard InChI is InChI=1S/C31H36N8O4.C16H17N5O.C15H21N3O4/c1-31(2,3)43-30(41)35-23-18-39(19-23)24-8-10-32-22(16-24)17-26(40)34-21-6-4-20(5-7-21)28-36-25-9-11-33-29(27(25)37-28)38-12-14-42-15-13-38;17-12-3-1-11(2-4-12)15-19-13-5-6-18-16(14(13)20-15)21-7-9-22-10-8-21;1-15(2,3)22-14(21)17-11-8-18(9-11)12-4-5-16-10(6-12)7-13(19)20/h4-11,16,23H,12-15,17-19H2,1-3H3,(H,34,40)(H,35,41)(H,36,37);1-6H,7-10,17H2,(H,19,20);4-6,11H,7-9H2,1-3H3,(H,17,21)(H,19,20). The number of hydrogen-bond donors (Lipinski definition) is 7. The topological polar surface area (TPSA) is 309 Å². The fourth-order valence-electron chi connectivity index (χ4n) is 10.0. The zero-order valence-electron chi connectivity index (χ0n) is 49.7. The van der Waals surface area contributed by atoms with Gasteiger partial charge in [0, 0.05) is 111 Å². The first-order valence-corrected chi connectivity index (χ1v) is 29.0. The van der Waals surface area contributed by atoms with Gasteiger partial charge in [-0.2, -0.15) is 0 Å². The van der Waals surface area contributed by atoms with E-state index in [4.69, 9.17) is 39.8 Å². The number of aromatic nitrogens is 8. The number of anilines is 6. The van der Waals surface area contributed by atoms with Crippen molar-refractivity contribution in [2.75, 3.05) is 109 Å². The second-order valence-corrected chi connectivity index (χ2v) is 23.4. The second kappa shape index (κ2) is 26.7. The van der Waals surface area contributed by atoms with Gasteiger partial charge in [0.25, 0.3) is 0 Å². The molecule has 6 aromatic heterocycles. The minimum Gasteiger partial charge on any atom is -0.481 e. The molecule has 0 atom stereocenters. The molecular formula is C62H74N16O9. The monoisotopic (exact) mass is 1190 g/mol. The first kappa shape index (κ1) is 60.5. The SMILES string of the molecule is CC(C)(C)OC(=O)NC1CN(c2ccnc(CC(=O)Nc3ccc(-c4nc5c(N6CCOCC6)nccc5[nH]4)cc3)c2)C1.CC(C)(C)OC(=O)NC1CN(c2ccnc(CC(=O)O)c2)C1.Nc1ccc(-c2nc3c(N4CCOCC4)nccc3[nH]2)cc1. The molecule has 12 rings (SSSR count). The number of pyridine rings is 4. The Kier molecular flexibility index (Phi) is 18.6. The van der Waals surface area contributed by atoms with Crippen LogP contribution in [0.2, 0.25) is 0 Å². The highest BCUT2D eigenvalue weighted by molar-refractivity contribution is 5.93. The molecule has 0 unspecified atom stereocenters. The van der Waals surface area contributed by atoms with E-state index < -0.39 is 29.4 Å². The average molecular weight is 1190 g/mol. The maximum Gasteiger partial charge on any atom is 0.407 e. The summed E-state index contributed by atoms with van der Waals surface area (Å²) >= 11 is 0. The maximum atomic E-state index is 12.8. The first-order valence-electron chi connectivity index (χ1n) is 29.0. The zero-order chi connectivity index (χ0) is 61.2. The summed E-state index contributed by atoms with van der Waals surface area (Å²) in [6.07, 6.45) is 6.13. The Morgan fingerprint density at radius 1 is 0.575 bits per heavy atom. The van der Waals surface area contributed by atoms with Gasteiger partial charge < -0.3 is 75.3 Å². The van der Waals surface area contributed by atoms with Crippen LogP contribution >= 0.6 is 0 Å². The summed E-state index contributed by atoms with van der Waals surface area (Å²) in [4.78, 5) is 89.6. The fourth-order valence-corrected chi connectivity index (χ4v) is 10.0. The summed E-state index contributed by atoms with van der Waals surface area (Å²) in [5.41, 5.74) is 14.8. The summed E-state index contributed by atoms with van der Waals surface area (Å²) in [6.45, 7) is 19.7. The van der Waals surface area contributed by atoms with E-state index in [-0.39, 0.29) is 30.8 Å². The third-order valence-electron chi connectivity index (χ3n) is 14.2. The molecule has 4 aliphatic rings. The smallest absolute Gasteiger partial charge is 0.407 e. The highest BCUT2D eigenvalue weighted by Crippen LogP contribution is 2.30. The number of alkyl carbamates (subject to hydrolysis) is 2. The molecule has 4 aliphatic heterocycles. The second-order valence-electron chi connectivity index (χ2n) is 23.4. The number of hydrogen-bond acceptors (Lipinski definition) is 19. The van der Waals surface area contributed by atoms with Crippen molar-refractivity contribution in [3.8, 4) is 22.8 Å². The molecule has 4 saturated heterocycles. The van der Waals surface area contributed by atoms with Crippen molar-refractivity contribution in [2.24, 2.45) is 0 Å². The average Bonchev–Trinajstić information content (AvgIpc) is 2.39. The Bertz CT molecular complexity index is 3670. The number of benzene rings is 2. The number of carboxylic acids is 1. The van der Waals surface area contributed by atoms with Gasteiger partial charge in [0.05, 0.1) is 73.8 Å². The Labute approximate surface area is 503 Å². The lowest BCUT2D eigenvalue weighted by Gasteiger charge is -2.41. The van der Waals surface area contributed by atoms with Gasteiger partial charge in [-0.25, -0.2) is 29.5 Å². The van der Waals surface area contributed by atoms with E-state index in [0.717, 1.165) is 113 Å². The third-order valence-corrected chi connectivity index (χ3v) is 14.2. The molecule has 25 nitrogen and oxygen atoms in total. The van der Waals surface area contributed by atoms with Crippen LogP contribution in [0.25, 0.3) is 44.8 Å². The Hall–Kier alpha value is -9.62. The van der Waals surface area contributed by atoms with Crippen molar-refractivity contribution in [1.82, 2.24) is 50.5 Å². The summed E-state index contributed by atoms with van der Waals surface area (Å²) in [6, 6.07) is 26.6. The van der Waals surface area contributed by atoms with Crippen LogP contribution in [0.5, 0.6) is 0 Å². The number of nitrogens with zero attached hydrogens (tertiary/aromatic N) is 10. The Balaban J connectivity index is 0.000000160. The lowest BCUT2D eigenvalue weighted by Crippen LogP contribution is -2.60. The van der Waals surface area contributed by atoms with E-state index in [1.54, 1.807) is 24.7 Å². The highest BCUT2D eigenvalue weighted by atomic mass is 16.6. The van der Waals surface area contributed by atoms with E-state index in [1.807, 2.05) is 127 Å². The number of imidazole rings is 2. The number of amides is 3. The lowest BCUT2D eigenvalue weighted by molar-refractivity contribution is -0.136. The van der Waals surface area contributed by atoms with Gasteiger partial charge in [0.2, 0.25) is 5.91 Å². The molecule has 2 aromatic carbocycles. The molecule has 8 aromatic rings. The van der Waals surface area contributed by atoms with E-state index in [1.165, 1.54) is 0 Å². The summed E-state index contributed by atoms with van der Waals surface area (Å²) < 4.78 is 21.4. The number of carbonyl (C=O) groups is 4. The van der Waals surface area contributed by atoms with Crippen molar-refractivity contribution < 1.29 is 43.2 Å². The largest absolute Gasteiger partial charge is 0.481 e. The fraction of sp³-hybridized carbons (Fsp3) is 0.387. The Morgan fingerprint density at radius 3 is 1.41 bits per heavy atom. The number of ether oxygens (including phenoxy) is 4. The van der Waals surface area contributed by atoms with Gasteiger partial charge in [0.15, 0.2) is 11.6 Å². The van der Waals surface area contributed by atoms with Crippen LogP contribution in [-0.4, -0.2) is 171 Å². The zero-order valence-corrected chi connectivity index (χ0v) is 49.7. The van der Waals surface area contributed by atoms with Crippen molar-refractivity contribution in [3.63, 3.8) is 0 Å². The van der Waals surface area contributed by atoms with Crippen molar-refractivity contribution in [2.45, 2.75) is 77.7 Å². The number of rotatable bonds is 13. The van der Waals surface area contributed by atoms with Crippen LogP contribution in [-0.2, 0) is 41.4 Å². The number of H-pyrrole nitrogens is 2. The van der Waals surface area contributed by atoms with E-state index in [0.29, 0.717) is 56.5 Å². The lowest BCUT2D eigenvalue weighted by atomic mass is 10.1. The minimum absolute atomic E-state index is 0.0146. The number of morpholine rings is 2. The number of fused-ring (bicyclic) bond motifs is 2. The van der Waals surface area contributed by atoms with Crippen LogP contribution in [0.1, 0.15) is 52.9 Å². The van der Waals surface area contributed by atoms with Gasteiger partial charge in [-0.05, 0) is 126 Å². The molecule has 87 heavy (non-hydrogen) atoms. The predicted molar refractivity (Wildman–Crippen MR) is 332 cm³/mol. The number of aliphatic carboxylic acids is 1. The molecule has 25 heteroatoms. The molecule has 4 fully saturated rings. The number of carboxylic acid groups (broad SMARTS) is 1. The molecule has 0 bridgehead atoms. The quantitative estimate of drug-likeness (QED) is 0.0560. The number of aromatic amines is 2. The third kappa shape index (κ3) is 16.4. The van der Waals surface area contributed by atoms with E-state index >= 15 is 0 Å². The summed E-state index contributed by atoms with van der Waals surface area (Å²) in [5, 5.41) is 17.4. The molecule has 0 saturated carbocycles. The summed E-state index contributed by atoms with van der Waals surface area (Å²) in [7, 11) is 0. The van der Waals surface area contributed by atoms with Gasteiger partial charge in [-0.3, -0.25) is 19.6 Å². The molecule has 0 spiro atoms. The van der Waals surface area contributed by atoms with Crippen LogP contribution < -0.4 is 41.3 Å². The molecule has 0 radical (unpaired) electrons. The van der Waals surface area contributed by atoms with E-state index in [9.17, 15) is 19.2 Å². The van der Waals surface area contributed by atoms with E-state index in [2.05, 4.69) is 65.5 Å². The molecule has 0 aliphatic carbocycles. The van der Waals surface area contributed by atoms with Crippen LogP contribution in [0.4, 0.5) is 44.0 Å². The van der Waals surface area contributed by atoms with Crippen LogP contribution in [0.15, 0.2) is 110 Å². The molecule has 456 valence electrons. The first-order chi connectivity index (χ1) is 41.7. The van der Waals surface area contributed by atoms with Gasteiger partial charge in [-0.1, -0.05) is 0 Å². The predicted octanol–water partition coefficient (Wildman–Crippen LogP) is 7.22. The van der Waals surface area contributed by atoms with Crippen LogP contribution in [0, 0.1) is 0 Å². The summed E-state index contributed by atoms with van der Waals surface area (Å²) in [5.74, 6) is 2.28. The van der Waals surface area contributed by atoms with Gasteiger partial charge in [0.1, 0.15) is 33.9 Å². The minimum atomic E-state index is -0.905. The molecule has 8 N–H and O–H groups in total. The Morgan fingerprint density at radius 2 is 0.989 bits per heavy atom. The molecule has 3 amide bonds. The number of nitrogen functional groups attached to an aromatic ring is 1. The van der Waals surface area contributed by atoms with Crippen molar-refractivity contribution in [3.05, 3.63) is 121 Å². The number of nitrogens with one attached hydrogen (secondary N) is 5. The van der Waals surface area contributed by atoms with Crippen molar-refractivity contribution >= 4 is 80.5 Å². The normalized spacial score (nSPS) is 15.5. The number of carbonyl (C=O) groups excluding carboxylic acids is 3.